The molecule has 39 heavy (non-hydrogen) atoms. The third kappa shape index (κ3) is 3.79. The van der Waals surface area contributed by atoms with Gasteiger partial charge in [0.25, 0.3) is 0 Å². The summed E-state index contributed by atoms with van der Waals surface area (Å²) < 4.78 is 16.9. The van der Waals surface area contributed by atoms with Crippen molar-refractivity contribution in [2.45, 2.75) is 126 Å². The number of carbonyl (C=O) groups is 1. The fraction of sp³-hybridized carbons (Fsp3) is 0.897. The smallest absolute Gasteiger partial charge is 0.331 e. The highest BCUT2D eigenvalue weighted by molar-refractivity contribution is 5.85. The van der Waals surface area contributed by atoms with Crippen LogP contribution in [0.5, 0.6) is 0 Å². The summed E-state index contributed by atoms with van der Waals surface area (Å²) in [6.07, 6.45) is -1.27. The summed E-state index contributed by atoms with van der Waals surface area (Å²) in [6, 6.07) is 0. The van der Waals surface area contributed by atoms with Crippen molar-refractivity contribution in [3.05, 3.63) is 11.6 Å². The molecule has 4 aliphatic carbocycles. The molecular formula is C29H44O10. The van der Waals surface area contributed by atoms with Gasteiger partial charge < -0.3 is 44.8 Å². The van der Waals surface area contributed by atoms with Gasteiger partial charge in [0, 0.05) is 17.9 Å². The van der Waals surface area contributed by atoms with Crippen LogP contribution in [0.1, 0.15) is 72.1 Å². The maximum absolute atomic E-state index is 12.4. The van der Waals surface area contributed by atoms with Crippen molar-refractivity contribution in [3.63, 3.8) is 0 Å². The molecule has 14 atom stereocenters. The normalized spacial score (nSPS) is 57.3. The number of carbonyl (C=O) groups excluding carboxylic acids is 1. The lowest BCUT2D eigenvalue weighted by atomic mass is 9.41. The summed E-state index contributed by atoms with van der Waals surface area (Å²) in [5.41, 5.74) is -2.75. The highest BCUT2D eigenvalue weighted by Gasteiger charge is 2.72. The molecule has 6 rings (SSSR count). The van der Waals surface area contributed by atoms with E-state index in [9.17, 15) is 35.4 Å². The van der Waals surface area contributed by atoms with Gasteiger partial charge in [-0.3, -0.25) is 0 Å². The van der Waals surface area contributed by atoms with E-state index in [0.29, 0.717) is 51.4 Å². The SMILES string of the molecule is C[C@H]1O[C@H](O[C@@H]2CC[C@]3(C)[C@H]4C[C@@H](O)[C@]5(C)[C@H](C6=CC(=O)OC6)CC[C@]5(O)[C@@H]4CC[C@]3(O)C2)[C@H](O)[C@H](O)[C@H]1O. The molecule has 5 fully saturated rings. The van der Waals surface area contributed by atoms with Crippen molar-refractivity contribution < 1.29 is 49.6 Å². The number of hydrogen-bond acceptors (Lipinski definition) is 10. The van der Waals surface area contributed by atoms with Crippen LogP contribution in [-0.2, 0) is 19.0 Å². The Bertz CT molecular complexity index is 1030. The Morgan fingerprint density at radius 1 is 0.949 bits per heavy atom. The van der Waals surface area contributed by atoms with Gasteiger partial charge in [-0.2, -0.15) is 0 Å². The number of aliphatic hydroxyl groups excluding tert-OH is 4. The molecule has 6 aliphatic rings. The molecule has 10 heteroatoms. The molecule has 0 amide bonds. The Labute approximate surface area is 229 Å². The Hall–Kier alpha value is -1.11. The highest BCUT2D eigenvalue weighted by Crippen LogP contribution is 2.70. The van der Waals surface area contributed by atoms with E-state index in [-0.39, 0.29) is 30.3 Å². The zero-order chi connectivity index (χ0) is 28.1. The fourth-order valence-corrected chi connectivity index (χ4v) is 9.78. The molecular weight excluding hydrogens is 508 g/mol. The van der Waals surface area contributed by atoms with E-state index in [1.807, 2.05) is 6.92 Å². The van der Waals surface area contributed by atoms with Crippen molar-refractivity contribution in [3.8, 4) is 0 Å². The van der Waals surface area contributed by atoms with Crippen molar-refractivity contribution in [2.75, 3.05) is 6.61 Å². The van der Waals surface area contributed by atoms with Crippen LogP contribution < -0.4 is 0 Å². The van der Waals surface area contributed by atoms with Gasteiger partial charge in [0.15, 0.2) is 6.29 Å². The average Bonchev–Trinajstić information content (AvgIpc) is 3.43. The van der Waals surface area contributed by atoms with E-state index in [0.717, 1.165) is 5.57 Å². The van der Waals surface area contributed by atoms with Gasteiger partial charge in [0.1, 0.15) is 24.9 Å². The van der Waals surface area contributed by atoms with Crippen LogP contribution in [0.4, 0.5) is 0 Å². The average molecular weight is 553 g/mol. The van der Waals surface area contributed by atoms with Gasteiger partial charge in [0.2, 0.25) is 0 Å². The molecule has 6 N–H and O–H groups in total. The van der Waals surface area contributed by atoms with E-state index in [4.69, 9.17) is 14.2 Å². The van der Waals surface area contributed by atoms with Gasteiger partial charge in [-0.15, -0.1) is 0 Å². The summed E-state index contributed by atoms with van der Waals surface area (Å²) >= 11 is 0. The van der Waals surface area contributed by atoms with E-state index < -0.39 is 64.9 Å². The van der Waals surface area contributed by atoms with Gasteiger partial charge >= 0.3 is 5.97 Å². The van der Waals surface area contributed by atoms with Gasteiger partial charge in [-0.25, -0.2) is 4.79 Å². The molecule has 4 saturated carbocycles. The molecule has 0 aromatic carbocycles. The Morgan fingerprint density at radius 2 is 1.69 bits per heavy atom. The second kappa shape index (κ2) is 9.19. The van der Waals surface area contributed by atoms with Gasteiger partial charge in [0.05, 0.1) is 29.5 Å². The first-order valence-electron chi connectivity index (χ1n) is 14.6. The first-order chi connectivity index (χ1) is 18.2. The Balaban J connectivity index is 1.22. The quantitative estimate of drug-likeness (QED) is 0.215. The number of aliphatic hydroxyl groups is 6. The number of hydrogen-bond donors (Lipinski definition) is 6. The molecule has 2 heterocycles. The van der Waals surface area contributed by atoms with E-state index in [2.05, 4.69) is 6.92 Å². The molecule has 1 saturated heterocycles. The Kier molecular flexibility index (Phi) is 6.61. The van der Waals surface area contributed by atoms with Crippen molar-refractivity contribution >= 4 is 5.97 Å². The van der Waals surface area contributed by atoms with Crippen LogP contribution in [-0.4, -0.2) is 97.3 Å². The molecule has 2 aliphatic heterocycles. The summed E-state index contributed by atoms with van der Waals surface area (Å²) in [5.74, 6) is -0.709. The number of ether oxygens (including phenoxy) is 3. The van der Waals surface area contributed by atoms with Crippen molar-refractivity contribution in [2.24, 2.45) is 28.6 Å². The number of cyclic esters (lactones) is 1. The Morgan fingerprint density at radius 3 is 2.38 bits per heavy atom. The minimum Gasteiger partial charge on any atom is -0.458 e. The maximum atomic E-state index is 12.4. The molecule has 10 nitrogen and oxygen atoms in total. The first-order valence-corrected chi connectivity index (χ1v) is 14.6. The minimum atomic E-state index is -1.40. The maximum Gasteiger partial charge on any atom is 0.331 e. The molecule has 0 aromatic rings. The number of fused-ring (bicyclic) bond motifs is 5. The third-order valence-electron chi connectivity index (χ3n) is 12.3. The lowest BCUT2D eigenvalue weighted by Crippen LogP contribution is -2.70. The molecule has 0 spiro atoms. The predicted molar refractivity (Wildman–Crippen MR) is 136 cm³/mol. The molecule has 0 aromatic heterocycles. The highest BCUT2D eigenvalue weighted by atomic mass is 16.7. The fourth-order valence-electron chi connectivity index (χ4n) is 9.78. The van der Waals surface area contributed by atoms with Crippen LogP contribution >= 0.6 is 0 Å². The van der Waals surface area contributed by atoms with Gasteiger partial charge in [-0.1, -0.05) is 13.8 Å². The number of rotatable bonds is 3. The standard InChI is InChI=1S/C29H44O10/c1-14-22(32)23(33)24(34)25(38-14)39-16-4-7-26(2)19-11-20(30)27(3)17(15-10-21(31)37-13-15)6-9-29(27,36)18(19)5-8-28(26,35)12-16/h10,14,16-20,22-25,30,32-36H,4-9,11-13H2,1-3H3/t14-,16-,17+,18-,19+,20-,22+,23-,24-,25-,26-,27+,28+,29+/m1/s1. The molecule has 220 valence electrons. The summed E-state index contributed by atoms with van der Waals surface area (Å²) in [5, 5.41) is 66.8. The summed E-state index contributed by atoms with van der Waals surface area (Å²) in [7, 11) is 0. The van der Waals surface area contributed by atoms with Crippen LogP contribution in [0.15, 0.2) is 11.6 Å². The largest absolute Gasteiger partial charge is 0.458 e. The second-order valence-corrected chi connectivity index (χ2v) is 13.8. The molecule has 0 bridgehead atoms. The van der Waals surface area contributed by atoms with E-state index in [1.54, 1.807) is 6.92 Å². The minimum absolute atomic E-state index is 0.0988. The summed E-state index contributed by atoms with van der Waals surface area (Å²) in [4.78, 5) is 11.8. The zero-order valence-electron chi connectivity index (χ0n) is 23.0. The van der Waals surface area contributed by atoms with Gasteiger partial charge in [-0.05, 0) is 80.6 Å². The topological polar surface area (TPSA) is 166 Å². The third-order valence-corrected chi connectivity index (χ3v) is 12.3. The first kappa shape index (κ1) is 28.0. The second-order valence-electron chi connectivity index (χ2n) is 13.8. The van der Waals surface area contributed by atoms with Crippen molar-refractivity contribution in [1.82, 2.24) is 0 Å². The predicted octanol–water partition coefficient (Wildman–Crippen LogP) is 0.542. The zero-order valence-corrected chi connectivity index (χ0v) is 23.0. The molecule has 0 radical (unpaired) electrons. The van der Waals surface area contributed by atoms with E-state index in [1.165, 1.54) is 6.08 Å². The number of esters is 1. The van der Waals surface area contributed by atoms with Crippen LogP contribution in [0.2, 0.25) is 0 Å². The van der Waals surface area contributed by atoms with Crippen LogP contribution in [0.3, 0.4) is 0 Å². The molecule has 0 unspecified atom stereocenters. The van der Waals surface area contributed by atoms with E-state index >= 15 is 0 Å². The van der Waals surface area contributed by atoms with Crippen LogP contribution in [0, 0.1) is 28.6 Å². The van der Waals surface area contributed by atoms with Crippen molar-refractivity contribution in [1.29, 1.82) is 0 Å². The lowest BCUT2D eigenvalue weighted by Gasteiger charge is -2.67. The summed E-state index contributed by atoms with van der Waals surface area (Å²) in [6.45, 7) is 5.86. The van der Waals surface area contributed by atoms with Crippen LogP contribution in [0.25, 0.3) is 0 Å². The monoisotopic (exact) mass is 552 g/mol. The lowest BCUT2D eigenvalue weighted by molar-refractivity contribution is -0.321.